The third-order valence-electron chi connectivity index (χ3n) is 4.23. The molecule has 0 heterocycles. The maximum absolute atomic E-state index is 12.8. The van der Waals surface area contributed by atoms with Gasteiger partial charge in [0.2, 0.25) is 0 Å². The summed E-state index contributed by atoms with van der Waals surface area (Å²) in [4.78, 5) is 14.5. The number of benzene rings is 3. The van der Waals surface area contributed by atoms with Crippen molar-refractivity contribution in [2.45, 2.75) is 13.5 Å². The number of carbonyl (C=O) groups excluding carboxylic acids is 1. The van der Waals surface area contributed by atoms with Gasteiger partial charge in [-0.3, -0.25) is 4.90 Å². The van der Waals surface area contributed by atoms with Gasteiger partial charge in [0.05, 0.1) is 13.1 Å². The van der Waals surface area contributed by atoms with E-state index in [0.717, 1.165) is 22.6 Å². The summed E-state index contributed by atoms with van der Waals surface area (Å²) < 4.78 is 5.76. The van der Waals surface area contributed by atoms with Gasteiger partial charge in [0, 0.05) is 5.69 Å². The van der Waals surface area contributed by atoms with Crippen molar-refractivity contribution in [2.75, 3.05) is 18.1 Å². The first kappa shape index (κ1) is 18.5. The Hall–Kier alpha value is -3.27. The van der Waals surface area contributed by atoms with Gasteiger partial charge in [-0.1, -0.05) is 66.7 Å². The van der Waals surface area contributed by atoms with Crippen LogP contribution in [0.2, 0.25) is 0 Å². The van der Waals surface area contributed by atoms with Crippen LogP contribution in [0.4, 0.5) is 10.5 Å². The molecule has 3 aromatic carbocycles. The topological polar surface area (TPSA) is 41.6 Å². The molecule has 0 saturated heterocycles. The molecule has 0 aromatic heterocycles. The van der Waals surface area contributed by atoms with Crippen LogP contribution in [-0.2, 0) is 6.54 Å². The van der Waals surface area contributed by atoms with Crippen LogP contribution in [0.3, 0.4) is 0 Å². The maximum Gasteiger partial charge on any atom is 0.322 e. The highest BCUT2D eigenvalue weighted by Crippen LogP contribution is 2.17. The normalized spacial score (nSPS) is 10.3. The van der Waals surface area contributed by atoms with Crippen molar-refractivity contribution in [3.05, 3.63) is 96.1 Å². The number of anilines is 1. The summed E-state index contributed by atoms with van der Waals surface area (Å²) in [6.45, 7) is 3.37. The second-order valence-corrected chi connectivity index (χ2v) is 6.25. The van der Waals surface area contributed by atoms with Gasteiger partial charge in [0.15, 0.2) is 0 Å². The highest BCUT2D eigenvalue weighted by atomic mass is 16.5. The predicted octanol–water partition coefficient (Wildman–Crippen LogP) is 4.79. The summed E-state index contributed by atoms with van der Waals surface area (Å²) in [7, 11) is 0. The Morgan fingerprint density at radius 2 is 1.52 bits per heavy atom. The fourth-order valence-electron chi connectivity index (χ4n) is 2.79. The number of amides is 2. The molecule has 0 radical (unpaired) electrons. The summed E-state index contributed by atoms with van der Waals surface area (Å²) in [5, 5.41) is 2.95. The first-order valence-corrected chi connectivity index (χ1v) is 9.07. The van der Waals surface area contributed by atoms with Gasteiger partial charge in [0.25, 0.3) is 0 Å². The SMILES string of the molecule is Cc1ccccc1OCCNC(=O)N(Cc1ccccc1)c1ccccc1. The van der Waals surface area contributed by atoms with Crippen LogP contribution in [0.15, 0.2) is 84.9 Å². The van der Waals surface area contributed by atoms with E-state index in [9.17, 15) is 4.79 Å². The lowest BCUT2D eigenvalue weighted by Gasteiger charge is -2.23. The predicted molar refractivity (Wildman–Crippen MR) is 109 cm³/mol. The molecule has 0 spiro atoms. The number of rotatable bonds is 7. The summed E-state index contributed by atoms with van der Waals surface area (Å²) >= 11 is 0. The van der Waals surface area contributed by atoms with Crippen molar-refractivity contribution in [1.29, 1.82) is 0 Å². The van der Waals surface area contributed by atoms with Gasteiger partial charge in [-0.2, -0.15) is 0 Å². The molecular formula is C23H24N2O2. The zero-order valence-electron chi connectivity index (χ0n) is 15.5. The minimum Gasteiger partial charge on any atom is -0.491 e. The van der Waals surface area contributed by atoms with E-state index in [4.69, 9.17) is 4.74 Å². The Balaban J connectivity index is 1.60. The molecule has 0 saturated carbocycles. The number of nitrogens with zero attached hydrogens (tertiary/aromatic N) is 1. The Labute approximate surface area is 160 Å². The lowest BCUT2D eigenvalue weighted by molar-refractivity contribution is 0.241. The van der Waals surface area contributed by atoms with Crippen molar-refractivity contribution in [1.82, 2.24) is 5.32 Å². The van der Waals surface area contributed by atoms with Crippen LogP contribution < -0.4 is 15.0 Å². The molecule has 2 amide bonds. The smallest absolute Gasteiger partial charge is 0.322 e. The molecule has 138 valence electrons. The highest BCUT2D eigenvalue weighted by Gasteiger charge is 2.15. The number of nitrogens with one attached hydrogen (secondary N) is 1. The summed E-state index contributed by atoms with van der Waals surface area (Å²) in [6, 6.07) is 27.4. The van der Waals surface area contributed by atoms with Crippen molar-refractivity contribution >= 4 is 11.7 Å². The van der Waals surface area contributed by atoms with Gasteiger partial charge in [-0.25, -0.2) is 4.79 Å². The number of hydrogen-bond donors (Lipinski definition) is 1. The lowest BCUT2D eigenvalue weighted by atomic mass is 10.2. The molecule has 0 aliphatic carbocycles. The zero-order valence-corrected chi connectivity index (χ0v) is 15.5. The number of hydrogen-bond acceptors (Lipinski definition) is 2. The van der Waals surface area contributed by atoms with Crippen molar-refractivity contribution in [3.8, 4) is 5.75 Å². The zero-order chi connectivity index (χ0) is 18.9. The Morgan fingerprint density at radius 3 is 2.22 bits per heavy atom. The molecule has 0 fully saturated rings. The van der Waals surface area contributed by atoms with E-state index in [0.29, 0.717) is 19.7 Å². The fourth-order valence-corrected chi connectivity index (χ4v) is 2.79. The van der Waals surface area contributed by atoms with Gasteiger partial charge in [-0.05, 0) is 36.2 Å². The lowest BCUT2D eigenvalue weighted by Crippen LogP contribution is -2.41. The fraction of sp³-hybridized carbons (Fsp3) is 0.174. The van der Waals surface area contributed by atoms with E-state index >= 15 is 0 Å². The average Bonchev–Trinajstić information content (AvgIpc) is 2.72. The van der Waals surface area contributed by atoms with Crippen LogP contribution in [0.1, 0.15) is 11.1 Å². The molecule has 0 bridgehead atoms. The van der Waals surface area contributed by atoms with Gasteiger partial charge in [0.1, 0.15) is 12.4 Å². The van der Waals surface area contributed by atoms with Crippen LogP contribution in [-0.4, -0.2) is 19.2 Å². The molecule has 0 atom stereocenters. The second-order valence-electron chi connectivity index (χ2n) is 6.25. The van der Waals surface area contributed by atoms with E-state index in [2.05, 4.69) is 5.32 Å². The number of urea groups is 1. The molecule has 0 aliphatic rings. The molecule has 3 rings (SSSR count). The summed E-state index contributed by atoms with van der Waals surface area (Å²) in [5.74, 6) is 0.843. The minimum absolute atomic E-state index is 0.140. The van der Waals surface area contributed by atoms with E-state index < -0.39 is 0 Å². The van der Waals surface area contributed by atoms with Gasteiger partial charge < -0.3 is 10.1 Å². The third-order valence-corrected chi connectivity index (χ3v) is 4.23. The summed E-state index contributed by atoms with van der Waals surface area (Å²) in [6.07, 6.45) is 0. The van der Waals surface area contributed by atoms with E-state index in [1.54, 1.807) is 4.90 Å². The highest BCUT2D eigenvalue weighted by molar-refractivity contribution is 5.91. The number of carbonyl (C=O) groups is 1. The molecule has 27 heavy (non-hydrogen) atoms. The quantitative estimate of drug-likeness (QED) is 0.616. The van der Waals surface area contributed by atoms with E-state index in [1.807, 2.05) is 91.9 Å². The standard InChI is InChI=1S/C23H24N2O2/c1-19-10-8-9-15-22(19)27-17-16-24-23(26)25(21-13-6-3-7-14-21)18-20-11-4-2-5-12-20/h2-15H,16-18H2,1H3,(H,24,26). The largest absolute Gasteiger partial charge is 0.491 e. The molecular weight excluding hydrogens is 336 g/mol. The van der Waals surface area contributed by atoms with Crippen LogP contribution in [0.5, 0.6) is 5.75 Å². The van der Waals surface area contributed by atoms with Gasteiger partial charge >= 0.3 is 6.03 Å². The van der Waals surface area contributed by atoms with Crippen molar-refractivity contribution in [2.24, 2.45) is 0 Å². The number of aryl methyl sites for hydroxylation is 1. The average molecular weight is 360 g/mol. The van der Waals surface area contributed by atoms with Crippen LogP contribution >= 0.6 is 0 Å². The Morgan fingerprint density at radius 1 is 0.889 bits per heavy atom. The van der Waals surface area contributed by atoms with E-state index in [-0.39, 0.29) is 6.03 Å². The first-order chi connectivity index (χ1) is 13.2. The molecule has 4 nitrogen and oxygen atoms in total. The number of para-hydroxylation sites is 2. The monoisotopic (exact) mass is 360 g/mol. The molecule has 4 heteroatoms. The van der Waals surface area contributed by atoms with Crippen LogP contribution in [0, 0.1) is 6.92 Å². The van der Waals surface area contributed by atoms with Crippen molar-refractivity contribution in [3.63, 3.8) is 0 Å². The maximum atomic E-state index is 12.8. The van der Waals surface area contributed by atoms with E-state index in [1.165, 1.54) is 0 Å². The van der Waals surface area contributed by atoms with Gasteiger partial charge in [-0.15, -0.1) is 0 Å². The minimum atomic E-state index is -0.140. The van der Waals surface area contributed by atoms with Crippen LogP contribution in [0.25, 0.3) is 0 Å². The molecule has 0 unspecified atom stereocenters. The first-order valence-electron chi connectivity index (χ1n) is 9.07. The second kappa shape index (κ2) is 9.43. The molecule has 1 N–H and O–H groups in total. The Kier molecular flexibility index (Phi) is 6.47. The summed E-state index contributed by atoms with van der Waals surface area (Å²) in [5.41, 5.74) is 3.02. The molecule has 3 aromatic rings. The third kappa shape index (κ3) is 5.35. The number of ether oxygens (including phenoxy) is 1. The molecule has 0 aliphatic heterocycles. The van der Waals surface area contributed by atoms with Crippen molar-refractivity contribution < 1.29 is 9.53 Å². The Bertz CT molecular complexity index is 851.